The SMILES string of the molecule is CC(C)(C)c1ccc2c3c4c5cc6c(cc5n5c7cc(C(C)(C)C)ccc7c(c7c8cc9c(cc8n(c2c1)c37)C(C)(C)CCC9(C)C)c45)C(C)(C)CCC6(C)C. The van der Waals surface area contributed by atoms with Gasteiger partial charge in [0.2, 0.25) is 0 Å². The summed E-state index contributed by atoms with van der Waals surface area (Å²) in [5.41, 5.74) is 17.8. The monoisotopic (exact) mass is 736 g/mol. The van der Waals surface area contributed by atoms with Gasteiger partial charge in [-0.25, -0.2) is 0 Å². The van der Waals surface area contributed by atoms with Crippen LogP contribution in [0.15, 0.2) is 60.7 Å². The molecule has 0 amide bonds. The van der Waals surface area contributed by atoms with Crippen LogP contribution in [0, 0.1) is 0 Å². The van der Waals surface area contributed by atoms with E-state index in [9.17, 15) is 0 Å². The van der Waals surface area contributed by atoms with Gasteiger partial charge >= 0.3 is 0 Å². The molecule has 0 saturated carbocycles. The fourth-order valence-electron chi connectivity index (χ4n) is 11.7. The Morgan fingerprint density at radius 3 is 0.982 bits per heavy atom. The number of hydrogen-bond donors (Lipinski definition) is 0. The summed E-state index contributed by atoms with van der Waals surface area (Å²) in [5.74, 6) is 0. The van der Waals surface area contributed by atoms with Gasteiger partial charge in [-0.1, -0.05) is 121 Å². The minimum absolute atomic E-state index is 0.0418. The molecule has 0 bridgehead atoms. The lowest BCUT2D eigenvalue weighted by atomic mass is 9.63. The van der Waals surface area contributed by atoms with E-state index in [2.05, 4.69) is 166 Å². The normalized spacial score (nSPS) is 19.5. The molecule has 0 unspecified atom stereocenters. The third kappa shape index (κ3) is 4.19. The Bertz CT molecular complexity index is 2970. The van der Waals surface area contributed by atoms with Crippen molar-refractivity contribution < 1.29 is 0 Å². The fraction of sp³-hybridized carbons (Fsp3) is 0.444. The van der Waals surface area contributed by atoms with Crippen molar-refractivity contribution in [3.05, 3.63) is 94.0 Å². The highest BCUT2D eigenvalue weighted by molar-refractivity contribution is 6.45. The molecule has 0 atom stereocenters. The second-order valence-electron chi connectivity index (χ2n) is 23.2. The number of rotatable bonds is 0. The van der Waals surface area contributed by atoms with Crippen molar-refractivity contribution in [2.75, 3.05) is 0 Å². The summed E-state index contributed by atoms with van der Waals surface area (Å²) in [6, 6.07) is 25.5. The lowest BCUT2D eigenvalue weighted by Crippen LogP contribution is -2.33. The van der Waals surface area contributed by atoms with Crippen LogP contribution < -0.4 is 0 Å². The number of aromatic nitrogens is 2. The molecule has 2 aliphatic carbocycles. The maximum Gasteiger partial charge on any atom is 0.0634 e. The summed E-state index contributed by atoms with van der Waals surface area (Å²) in [6.45, 7) is 34.0. The average Bonchev–Trinajstić information content (AvgIpc) is 3.82. The summed E-state index contributed by atoms with van der Waals surface area (Å²) >= 11 is 0. The molecule has 0 spiro atoms. The van der Waals surface area contributed by atoms with Crippen molar-refractivity contribution in [1.82, 2.24) is 8.80 Å². The molecule has 0 aliphatic heterocycles. The number of nitrogens with zero attached hydrogens (tertiary/aromatic N) is 2. The zero-order valence-electron chi connectivity index (χ0n) is 36.5. The standard InChI is InChI=1S/C54H60N2/c1-49(2,3)29-15-17-31-39(23-29)55-41-27-37-35(51(7,8)19-21-53(37,11)12)25-33(41)46-44-32-18-16-30(50(4,5)6)24-40(32)56-42-28-38-36(52(9,10)20-22-54(38,13)14)26-34(42)45(48(44)56)43(31)47(46)55/h15-18,23-28H,19-22H2,1-14H3. The van der Waals surface area contributed by atoms with Crippen LogP contribution in [-0.2, 0) is 32.5 Å². The highest BCUT2D eigenvalue weighted by atomic mass is 14.9. The van der Waals surface area contributed by atoms with Gasteiger partial charge < -0.3 is 8.80 Å². The number of hydrogen-bond acceptors (Lipinski definition) is 0. The van der Waals surface area contributed by atoms with E-state index in [1.807, 2.05) is 0 Å². The minimum atomic E-state index is 0.0418. The first-order chi connectivity index (χ1) is 26.0. The lowest BCUT2D eigenvalue weighted by molar-refractivity contribution is 0.332. The summed E-state index contributed by atoms with van der Waals surface area (Å²) in [4.78, 5) is 0. The van der Waals surface area contributed by atoms with Gasteiger partial charge in [0, 0.05) is 43.1 Å². The van der Waals surface area contributed by atoms with Gasteiger partial charge in [0.1, 0.15) is 0 Å². The molecule has 4 aromatic heterocycles. The zero-order valence-corrected chi connectivity index (χ0v) is 36.5. The number of benzene rings is 5. The second kappa shape index (κ2) is 10.0. The molecule has 0 saturated heterocycles. The van der Waals surface area contributed by atoms with Crippen LogP contribution in [0.5, 0.6) is 0 Å². The molecular weight excluding hydrogens is 677 g/mol. The summed E-state index contributed by atoms with van der Waals surface area (Å²) in [6.07, 6.45) is 4.84. The summed E-state index contributed by atoms with van der Waals surface area (Å²) in [5, 5.41) is 11.3. The van der Waals surface area contributed by atoms with Crippen LogP contribution in [0.2, 0.25) is 0 Å². The van der Waals surface area contributed by atoms with Gasteiger partial charge in [-0.3, -0.25) is 0 Å². The van der Waals surface area contributed by atoms with Crippen LogP contribution in [0.4, 0.5) is 0 Å². The van der Waals surface area contributed by atoms with Crippen LogP contribution in [0.1, 0.15) is 156 Å². The molecule has 2 aliphatic rings. The predicted molar refractivity (Wildman–Crippen MR) is 244 cm³/mol. The van der Waals surface area contributed by atoms with Crippen LogP contribution in [0.3, 0.4) is 0 Å². The topological polar surface area (TPSA) is 8.82 Å². The molecule has 5 aromatic carbocycles. The van der Waals surface area contributed by atoms with Crippen molar-refractivity contribution in [2.45, 2.75) is 155 Å². The molecule has 2 nitrogen and oxygen atoms in total. The lowest BCUT2D eigenvalue weighted by Gasteiger charge is -2.42. The Kier molecular flexibility index (Phi) is 6.26. The van der Waals surface area contributed by atoms with E-state index in [-0.39, 0.29) is 32.5 Å². The first-order valence-electron chi connectivity index (χ1n) is 21.5. The third-order valence-corrected chi connectivity index (χ3v) is 15.6. The molecular formula is C54H60N2. The Morgan fingerprint density at radius 1 is 0.375 bits per heavy atom. The van der Waals surface area contributed by atoms with Gasteiger partial charge in [0.05, 0.1) is 33.1 Å². The molecule has 2 heteroatoms. The van der Waals surface area contributed by atoms with Crippen LogP contribution in [0.25, 0.3) is 76.2 Å². The van der Waals surface area contributed by atoms with E-state index in [0.717, 1.165) is 0 Å². The Balaban J connectivity index is 1.48. The maximum absolute atomic E-state index is 2.72. The van der Waals surface area contributed by atoms with Crippen molar-refractivity contribution in [2.24, 2.45) is 0 Å². The zero-order chi connectivity index (χ0) is 39.6. The first kappa shape index (κ1) is 34.9. The molecule has 0 fully saturated rings. The van der Waals surface area contributed by atoms with E-state index in [1.54, 1.807) is 0 Å². The number of fused-ring (bicyclic) bond motifs is 16. The molecule has 0 radical (unpaired) electrons. The van der Waals surface area contributed by atoms with Crippen LogP contribution in [-0.4, -0.2) is 8.80 Å². The van der Waals surface area contributed by atoms with E-state index in [1.165, 1.54) is 135 Å². The molecule has 286 valence electrons. The van der Waals surface area contributed by atoms with E-state index in [0.29, 0.717) is 0 Å². The summed E-state index contributed by atoms with van der Waals surface area (Å²) < 4.78 is 5.43. The molecule has 9 aromatic rings. The van der Waals surface area contributed by atoms with Gasteiger partial charge in [-0.2, -0.15) is 0 Å². The third-order valence-electron chi connectivity index (χ3n) is 15.6. The van der Waals surface area contributed by atoms with Gasteiger partial charge in [-0.15, -0.1) is 0 Å². The molecule has 56 heavy (non-hydrogen) atoms. The first-order valence-corrected chi connectivity index (χ1v) is 21.5. The van der Waals surface area contributed by atoms with E-state index >= 15 is 0 Å². The highest BCUT2D eigenvalue weighted by Crippen LogP contribution is 2.56. The average molecular weight is 737 g/mol. The Labute approximate surface area is 332 Å². The summed E-state index contributed by atoms with van der Waals surface area (Å²) in [7, 11) is 0. The Hall–Kier alpha value is -4.30. The maximum atomic E-state index is 2.72. The van der Waals surface area contributed by atoms with Crippen molar-refractivity contribution in [3.8, 4) is 0 Å². The molecule has 0 N–H and O–H groups in total. The minimum Gasteiger partial charge on any atom is -0.308 e. The van der Waals surface area contributed by atoms with E-state index in [4.69, 9.17) is 0 Å². The van der Waals surface area contributed by atoms with Gasteiger partial charge in [0.15, 0.2) is 0 Å². The smallest absolute Gasteiger partial charge is 0.0634 e. The molecule has 4 heterocycles. The van der Waals surface area contributed by atoms with Gasteiger partial charge in [0.25, 0.3) is 0 Å². The van der Waals surface area contributed by atoms with Crippen molar-refractivity contribution in [3.63, 3.8) is 0 Å². The quantitative estimate of drug-likeness (QED) is 0.147. The second-order valence-corrected chi connectivity index (χ2v) is 23.2. The Morgan fingerprint density at radius 2 is 0.661 bits per heavy atom. The van der Waals surface area contributed by atoms with Crippen LogP contribution >= 0.6 is 0 Å². The largest absolute Gasteiger partial charge is 0.308 e. The van der Waals surface area contributed by atoms with Crippen molar-refractivity contribution in [1.29, 1.82) is 0 Å². The van der Waals surface area contributed by atoms with Crippen molar-refractivity contribution >= 4 is 76.2 Å². The van der Waals surface area contributed by atoms with E-state index < -0.39 is 0 Å². The fourth-order valence-corrected chi connectivity index (χ4v) is 11.7. The van der Waals surface area contributed by atoms with Gasteiger partial charge in [-0.05, 0) is 128 Å². The highest BCUT2D eigenvalue weighted by Gasteiger charge is 2.41. The molecule has 11 rings (SSSR count). The predicted octanol–water partition coefficient (Wildman–Crippen LogP) is 15.3.